The van der Waals surface area contributed by atoms with Crippen molar-refractivity contribution in [1.29, 1.82) is 0 Å². The second-order valence-corrected chi connectivity index (χ2v) is 7.71. The number of hydrogen-bond donors (Lipinski definition) is 0. The van der Waals surface area contributed by atoms with Gasteiger partial charge < -0.3 is 0 Å². The number of fused-ring (bicyclic) bond motifs is 2. The number of nitrogens with zero attached hydrogens (tertiary/aromatic N) is 1. The Balaban J connectivity index is 1.62. The van der Waals surface area contributed by atoms with Crippen LogP contribution in [0.2, 0.25) is 5.02 Å². The summed E-state index contributed by atoms with van der Waals surface area (Å²) in [5.41, 5.74) is 2.33. The molecule has 1 heterocycles. The SMILES string of the molecule is Clc1ccc2sc(SCc3cccc4ccccc34)nc2c1. The summed E-state index contributed by atoms with van der Waals surface area (Å²) in [6.45, 7) is 0. The summed E-state index contributed by atoms with van der Waals surface area (Å²) in [4.78, 5) is 4.67. The molecule has 4 rings (SSSR count). The molecule has 0 aliphatic heterocycles. The van der Waals surface area contributed by atoms with Crippen molar-refractivity contribution in [3.05, 3.63) is 71.2 Å². The Labute approximate surface area is 142 Å². The van der Waals surface area contributed by atoms with E-state index in [0.717, 1.165) is 20.6 Å². The first kappa shape index (κ1) is 14.1. The van der Waals surface area contributed by atoms with E-state index in [-0.39, 0.29) is 0 Å². The molecule has 3 aromatic carbocycles. The predicted octanol–water partition coefficient (Wildman–Crippen LogP) is 6.40. The Morgan fingerprint density at radius 3 is 2.82 bits per heavy atom. The highest BCUT2D eigenvalue weighted by Gasteiger charge is 2.07. The molecule has 0 aliphatic rings. The van der Waals surface area contributed by atoms with Gasteiger partial charge in [-0.05, 0) is 34.5 Å². The van der Waals surface area contributed by atoms with Crippen molar-refractivity contribution in [2.24, 2.45) is 0 Å². The Bertz CT molecular complexity index is 956. The number of thioether (sulfide) groups is 1. The van der Waals surface area contributed by atoms with Crippen LogP contribution < -0.4 is 0 Å². The zero-order valence-electron chi connectivity index (χ0n) is 11.6. The lowest BCUT2D eigenvalue weighted by atomic mass is 10.1. The van der Waals surface area contributed by atoms with E-state index in [1.165, 1.54) is 21.0 Å². The molecule has 108 valence electrons. The van der Waals surface area contributed by atoms with Crippen LogP contribution in [0.3, 0.4) is 0 Å². The molecule has 0 atom stereocenters. The van der Waals surface area contributed by atoms with Crippen molar-refractivity contribution in [2.75, 3.05) is 0 Å². The zero-order valence-corrected chi connectivity index (χ0v) is 14.0. The highest BCUT2D eigenvalue weighted by atomic mass is 35.5. The Kier molecular flexibility index (Phi) is 3.78. The molecule has 22 heavy (non-hydrogen) atoms. The third-order valence-electron chi connectivity index (χ3n) is 3.56. The van der Waals surface area contributed by atoms with Crippen molar-refractivity contribution in [3.8, 4) is 0 Å². The van der Waals surface area contributed by atoms with Crippen LogP contribution in [0.25, 0.3) is 21.0 Å². The van der Waals surface area contributed by atoms with Gasteiger partial charge in [-0.15, -0.1) is 11.3 Å². The van der Waals surface area contributed by atoms with E-state index in [9.17, 15) is 0 Å². The largest absolute Gasteiger partial charge is 0.230 e. The van der Waals surface area contributed by atoms with E-state index in [1.807, 2.05) is 18.2 Å². The first-order valence-corrected chi connectivity index (χ1v) is 9.13. The maximum Gasteiger partial charge on any atom is 0.151 e. The van der Waals surface area contributed by atoms with Gasteiger partial charge in [-0.25, -0.2) is 4.98 Å². The molecule has 0 bridgehead atoms. The minimum absolute atomic E-state index is 0.739. The summed E-state index contributed by atoms with van der Waals surface area (Å²) < 4.78 is 2.27. The van der Waals surface area contributed by atoms with Gasteiger partial charge in [-0.1, -0.05) is 65.8 Å². The molecule has 0 saturated heterocycles. The second kappa shape index (κ2) is 5.92. The van der Waals surface area contributed by atoms with Crippen molar-refractivity contribution < 1.29 is 0 Å². The van der Waals surface area contributed by atoms with Gasteiger partial charge in [0.25, 0.3) is 0 Å². The van der Waals surface area contributed by atoms with Gasteiger partial charge >= 0.3 is 0 Å². The zero-order chi connectivity index (χ0) is 14.9. The lowest BCUT2D eigenvalue weighted by Crippen LogP contribution is -1.83. The molecular formula is C18H12ClNS2. The summed E-state index contributed by atoms with van der Waals surface area (Å²) >= 11 is 9.53. The molecule has 0 aliphatic carbocycles. The molecule has 4 heteroatoms. The Hall–Kier alpha value is -1.55. The summed E-state index contributed by atoms with van der Waals surface area (Å²) in [5, 5.41) is 3.35. The average molecular weight is 342 g/mol. The van der Waals surface area contributed by atoms with Crippen molar-refractivity contribution in [3.63, 3.8) is 0 Å². The Morgan fingerprint density at radius 1 is 1.00 bits per heavy atom. The molecule has 0 saturated carbocycles. The molecule has 0 radical (unpaired) electrons. The smallest absolute Gasteiger partial charge is 0.151 e. The van der Waals surface area contributed by atoms with E-state index in [1.54, 1.807) is 23.1 Å². The minimum Gasteiger partial charge on any atom is -0.230 e. The lowest BCUT2D eigenvalue weighted by molar-refractivity contribution is 1.29. The quantitative estimate of drug-likeness (QED) is 0.400. The first-order chi connectivity index (χ1) is 10.8. The van der Waals surface area contributed by atoms with Crippen LogP contribution in [0.1, 0.15) is 5.56 Å². The van der Waals surface area contributed by atoms with Gasteiger partial charge in [-0.2, -0.15) is 0 Å². The molecule has 0 spiro atoms. The summed E-state index contributed by atoms with van der Waals surface area (Å²) in [6.07, 6.45) is 0. The van der Waals surface area contributed by atoms with Crippen LogP contribution in [0, 0.1) is 0 Å². The van der Waals surface area contributed by atoms with Crippen LogP contribution in [-0.4, -0.2) is 4.98 Å². The highest BCUT2D eigenvalue weighted by Crippen LogP contribution is 2.33. The van der Waals surface area contributed by atoms with Crippen LogP contribution in [0.5, 0.6) is 0 Å². The summed E-state index contributed by atoms with van der Waals surface area (Å²) in [5.74, 6) is 0.926. The number of benzene rings is 3. The second-order valence-electron chi connectivity index (χ2n) is 5.02. The van der Waals surface area contributed by atoms with Crippen molar-refractivity contribution in [1.82, 2.24) is 4.98 Å². The topological polar surface area (TPSA) is 12.9 Å². The normalized spacial score (nSPS) is 11.3. The van der Waals surface area contributed by atoms with Crippen LogP contribution in [0.15, 0.2) is 65.0 Å². The molecule has 0 fully saturated rings. The third kappa shape index (κ3) is 2.72. The predicted molar refractivity (Wildman–Crippen MR) is 98.1 cm³/mol. The van der Waals surface area contributed by atoms with E-state index in [4.69, 9.17) is 11.6 Å². The van der Waals surface area contributed by atoms with Crippen molar-refractivity contribution >= 4 is 55.7 Å². The van der Waals surface area contributed by atoms with Gasteiger partial charge in [-0.3, -0.25) is 0 Å². The van der Waals surface area contributed by atoms with E-state index >= 15 is 0 Å². The van der Waals surface area contributed by atoms with E-state index in [2.05, 4.69) is 47.4 Å². The first-order valence-electron chi connectivity index (χ1n) is 6.95. The fourth-order valence-corrected chi connectivity index (χ4v) is 4.72. The van der Waals surface area contributed by atoms with Crippen LogP contribution in [-0.2, 0) is 5.75 Å². The van der Waals surface area contributed by atoms with Crippen LogP contribution >= 0.6 is 34.7 Å². The highest BCUT2D eigenvalue weighted by molar-refractivity contribution is 8.00. The summed E-state index contributed by atoms with van der Waals surface area (Å²) in [7, 11) is 0. The van der Waals surface area contributed by atoms with Crippen LogP contribution in [0.4, 0.5) is 0 Å². The van der Waals surface area contributed by atoms with Gasteiger partial charge in [0.2, 0.25) is 0 Å². The van der Waals surface area contributed by atoms with E-state index in [0.29, 0.717) is 0 Å². The molecule has 1 nitrogen and oxygen atoms in total. The maximum absolute atomic E-state index is 6.02. The molecule has 0 N–H and O–H groups in total. The average Bonchev–Trinajstić information content (AvgIpc) is 2.95. The summed E-state index contributed by atoms with van der Waals surface area (Å²) in [6, 6.07) is 20.9. The monoisotopic (exact) mass is 341 g/mol. The fraction of sp³-hybridized carbons (Fsp3) is 0.0556. The Morgan fingerprint density at radius 2 is 1.86 bits per heavy atom. The fourth-order valence-electron chi connectivity index (χ4n) is 2.50. The van der Waals surface area contributed by atoms with Gasteiger partial charge in [0.1, 0.15) is 0 Å². The lowest BCUT2D eigenvalue weighted by Gasteiger charge is -2.04. The van der Waals surface area contributed by atoms with E-state index < -0.39 is 0 Å². The number of aromatic nitrogens is 1. The molecular weight excluding hydrogens is 330 g/mol. The standard InChI is InChI=1S/C18H12ClNS2/c19-14-8-9-17-16(10-14)20-18(22-17)21-11-13-6-3-5-12-4-1-2-7-15(12)13/h1-10H,11H2. The molecule has 4 aromatic rings. The van der Waals surface area contributed by atoms with Gasteiger partial charge in [0.05, 0.1) is 10.2 Å². The number of halogens is 1. The molecule has 0 amide bonds. The number of rotatable bonds is 3. The van der Waals surface area contributed by atoms with Gasteiger partial charge in [0, 0.05) is 10.8 Å². The minimum atomic E-state index is 0.739. The third-order valence-corrected chi connectivity index (χ3v) is 6.02. The van der Waals surface area contributed by atoms with Gasteiger partial charge in [0.15, 0.2) is 4.34 Å². The molecule has 0 unspecified atom stereocenters. The maximum atomic E-state index is 6.02. The number of hydrogen-bond acceptors (Lipinski definition) is 3. The molecule has 1 aromatic heterocycles. The van der Waals surface area contributed by atoms with Crippen molar-refractivity contribution in [2.45, 2.75) is 10.1 Å². The number of thiazole rings is 1.